The number of aromatic nitrogens is 6. The molecule has 8 nitrogen and oxygen atoms in total. The van der Waals surface area contributed by atoms with Crippen LogP contribution in [0.4, 0.5) is 0 Å². The standard InChI is InChI=1S/C14H15N7O/c1-8(12-18-9(2)19-21-12)17-14(22)11-6-4-3-5-10(11)13-15-7-16-20-13/h3-8H,1-2H3,(H,17,22)(H,15,16,20)(H,18,19,21)/t8-/m1/s1. The van der Waals surface area contributed by atoms with Crippen LogP contribution in [0.25, 0.3) is 11.4 Å². The van der Waals surface area contributed by atoms with E-state index in [4.69, 9.17) is 0 Å². The highest BCUT2D eigenvalue weighted by atomic mass is 16.1. The Balaban J connectivity index is 1.84. The molecule has 8 heteroatoms. The fourth-order valence-electron chi connectivity index (χ4n) is 2.12. The Bertz CT molecular complexity index is 778. The van der Waals surface area contributed by atoms with Crippen molar-refractivity contribution in [3.05, 3.63) is 47.8 Å². The topological polar surface area (TPSA) is 112 Å². The molecule has 0 bridgehead atoms. The number of aromatic amines is 2. The second-order valence-electron chi connectivity index (χ2n) is 4.85. The molecule has 2 heterocycles. The number of hydrogen-bond donors (Lipinski definition) is 3. The van der Waals surface area contributed by atoms with Crippen LogP contribution in [0.15, 0.2) is 30.6 Å². The molecule has 0 aliphatic rings. The van der Waals surface area contributed by atoms with Crippen molar-refractivity contribution in [3.8, 4) is 11.4 Å². The highest BCUT2D eigenvalue weighted by Crippen LogP contribution is 2.20. The van der Waals surface area contributed by atoms with Crippen molar-refractivity contribution in [3.63, 3.8) is 0 Å². The van der Waals surface area contributed by atoms with Crippen LogP contribution in [-0.4, -0.2) is 36.3 Å². The molecule has 0 aliphatic carbocycles. The Hall–Kier alpha value is -3.03. The van der Waals surface area contributed by atoms with Crippen molar-refractivity contribution < 1.29 is 4.79 Å². The number of carbonyl (C=O) groups excluding carboxylic acids is 1. The van der Waals surface area contributed by atoms with Gasteiger partial charge >= 0.3 is 0 Å². The lowest BCUT2D eigenvalue weighted by atomic mass is 10.1. The third kappa shape index (κ3) is 2.71. The number of nitrogens with zero attached hydrogens (tertiary/aromatic N) is 4. The van der Waals surface area contributed by atoms with Crippen molar-refractivity contribution in [1.82, 2.24) is 35.7 Å². The number of amides is 1. The number of hydrogen-bond acceptors (Lipinski definition) is 5. The fraction of sp³-hybridized carbons (Fsp3) is 0.214. The number of aryl methyl sites for hydroxylation is 1. The summed E-state index contributed by atoms with van der Waals surface area (Å²) in [5.74, 6) is 1.58. The first kappa shape index (κ1) is 13.9. The minimum atomic E-state index is -0.305. The van der Waals surface area contributed by atoms with E-state index in [1.54, 1.807) is 12.1 Å². The maximum absolute atomic E-state index is 12.5. The summed E-state index contributed by atoms with van der Waals surface area (Å²) in [6.07, 6.45) is 1.41. The second-order valence-corrected chi connectivity index (χ2v) is 4.85. The van der Waals surface area contributed by atoms with E-state index in [9.17, 15) is 4.79 Å². The predicted octanol–water partition coefficient (Wildman–Crippen LogP) is 1.39. The molecule has 3 N–H and O–H groups in total. The summed E-state index contributed by atoms with van der Waals surface area (Å²) >= 11 is 0. The molecule has 0 saturated heterocycles. The van der Waals surface area contributed by atoms with Crippen LogP contribution in [0.3, 0.4) is 0 Å². The highest BCUT2D eigenvalue weighted by Gasteiger charge is 2.18. The zero-order valence-electron chi connectivity index (χ0n) is 12.2. The predicted molar refractivity (Wildman–Crippen MR) is 78.8 cm³/mol. The second kappa shape index (κ2) is 5.76. The van der Waals surface area contributed by atoms with Gasteiger partial charge in [0.1, 0.15) is 12.2 Å². The van der Waals surface area contributed by atoms with Gasteiger partial charge < -0.3 is 5.32 Å². The van der Waals surface area contributed by atoms with E-state index in [0.717, 1.165) is 0 Å². The van der Waals surface area contributed by atoms with Gasteiger partial charge in [0.05, 0.1) is 11.6 Å². The van der Waals surface area contributed by atoms with Gasteiger partial charge in [-0.25, -0.2) is 9.97 Å². The van der Waals surface area contributed by atoms with Crippen LogP contribution >= 0.6 is 0 Å². The van der Waals surface area contributed by atoms with Crippen LogP contribution in [0.5, 0.6) is 0 Å². The molecule has 1 amide bonds. The zero-order chi connectivity index (χ0) is 15.5. The Morgan fingerprint density at radius 3 is 2.77 bits per heavy atom. The van der Waals surface area contributed by atoms with Crippen LogP contribution in [-0.2, 0) is 0 Å². The molecule has 2 aromatic heterocycles. The molecule has 0 radical (unpaired) electrons. The fourth-order valence-corrected chi connectivity index (χ4v) is 2.12. The third-order valence-electron chi connectivity index (χ3n) is 3.19. The van der Waals surface area contributed by atoms with Crippen molar-refractivity contribution in [2.45, 2.75) is 19.9 Å². The summed E-state index contributed by atoms with van der Waals surface area (Å²) in [6, 6.07) is 6.90. The maximum Gasteiger partial charge on any atom is 0.252 e. The van der Waals surface area contributed by atoms with E-state index < -0.39 is 0 Å². The van der Waals surface area contributed by atoms with Gasteiger partial charge in [-0.05, 0) is 19.9 Å². The van der Waals surface area contributed by atoms with E-state index >= 15 is 0 Å². The Kier molecular flexibility index (Phi) is 3.65. The number of rotatable bonds is 4. The number of carbonyl (C=O) groups is 1. The minimum Gasteiger partial charge on any atom is -0.342 e. The van der Waals surface area contributed by atoms with Crippen LogP contribution in [0.2, 0.25) is 0 Å². The molecule has 0 fully saturated rings. The van der Waals surface area contributed by atoms with E-state index in [1.807, 2.05) is 26.0 Å². The molecule has 0 unspecified atom stereocenters. The summed E-state index contributed by atoms with van der Waals surface area (Å²) < 4.78 is 0. The smallest absolute Gasteiger partial charge is 0.252 e. The quantitative estimate of drug-likeness (QED) is 0.673. The van der Waals surface area contributed by atoms with E-state index in [2.05, 4.69) is 35.7 Å². The zero-order valence-corrected chi connectivity index (χ0v) is 12.2. The lowest BCUT2D eigenvalue weighted by Gasteiger charge is -2.12. The minimum absolute atomic E-state index is 0.220. The van der Waals surface area contributed by atoms with Crippen molar-refractivity contribution >= 4 is 5.91 Å². The maximum atomic E-state index is 12.5. The largest absolute Gasteiger partial charge is 0.342 e. The van der Waals surface area contributed by atoms with E-state index in [0.29, 0.717) is 28.6 Å². The summed E-state index contributed by atoms with van der Waals surface area (Å²) in [5, 5.41) is 16.3. The number of benzene rings is 1. The van der Waals surface area contributed by atoms with Gasteiger partial charge in [-0.1, -0.05) is 18.2 Å². The van der Waals surface area contributed by atoms with Crippen LogP contribution < -0.4 is 5.32 Å². The molecular weight excluding hydrogens is 282 g/mol. The van der Waals surface area contributed by atoms with Gasteiger partial charge in [0.2, 0.25) is 0 Å². The highest BCUT2D eigenvalue weighted by molar-refractivity contribution is 6.00. The van der Waals surface area contributed by atoms with E-state index in [-0.39, 0.29) is 11.9 Å². The van der Waals surface area contributed by atoms with Crippen LogP contribution in [0, 0.1) is 6.92 Å². The summed E-state index contributed by atoms with van der Waals surface area (Å²) in [7, 11) is 0. The van der Waals surface area contributed by atoms with Gasteiger partial charge in [-0.15, -0.1) is 0 Å². The lowest BCUT2D eigenvalue weighted by molar-refractivity contribution is 0.0939. The Morgan fingerprint density at radius 2 is 2.09 bits per heavy atom. The Labute approximate surface area is 126 Å². The molecular formula is C14H15N7O. The monoisotopic (exact) mass is 297 g/mol. The molecule has 1 atom stereocenters. The van der Waals surface area contributed by atoms with Crippen molar-refractivity contribution in [2.75, 3.05) is 0 Å². The molecule has 0 aliphatic heterocycles. The molecule has 3 rings (SSSR count). The third-order valence-corrected chi connectivity index (χ3v) is 3.19. The van der Waals surface area contributed by atoms with E-state index in [1.165, 1.54) is 6.33 Å². The lowest BCUT2D eigenvalue weighted by Crippen LogP contribution is -2.28. The molecule has 112 valence electrons. The van der Waals surface area contributed by atoms with Crippen molar-refractivity contribution in [1.29, 1.82) is 0 Å². The molecule has 0 saturated carbocycles. The summed E-state index contributed by atoms with van der Waals surface area (Å²) in [5.41, 5.74) is 1.20. The van der Waals surface area contributed by atoms with Gasteiger partial charge in [0.25, 0.3) is 5.91 Å². The normalized spacial score (nSPS) is 12.1. The average Bonchev–Trinajstić information content (AvgIpc) is 3.18. The first-order chi connectivity index (χ1) is 10.6. The molecule has 0 spiro atoms. The SMILES string of the molecule is Cc1nc([C@@H](C)NC(=O)c2ccccc2-c2ncn[nH]2)n[nH]1. The van der Waals surface area contributed by atoms with Gasteiger partial charge in [0.15, 0.2) is 11.6 Å². The van der Waals surface area contributed by atoms with Gasteiger partial charge in [0, 0.05) is 5.56 Å². The molecule has 1 aromatic carbocycles. The number of nitrogens with one attached hydrogen (secondary N) is 3. The van der Waals surface area contributed by atoms with Crippen molar-refractivity contribution in [2.24, 2.45) is 0 Å². The van der Waals surface area contributed by atoms with Gasteiger partial charge in [-0.2, -0.15) is 10.2 Å². The Morgan fingerprint density at radius 1 is 1.27 bits per heavy atom. The first-order valence-electron chi connectivity index (χ1n) is 6.79. The van der Waals surface area contributed by atoms with Crippen LogP contribution in [0.1, 0.15) is 35.0 Å². The summed E-state index contributed by atoms with van der Waals surface area (Å²) in [6.45, 7) is 3.64. The summed E-state index contributed by atoms with van der Waals surface area (Å²) in [4.78, 5) is 20.8. The number of H-pyrrole nitrogens is 2. The average molecular weight is 297 g/mol. The van der Waals surface area contributed by atoms with Gasteiger partial charge in [-0.3, -0.25) is 15.0 Å². The molecule has 3 aromatic rings. The molecule has 22 heavy (non-hydrogen) atoms. The first-order valence-corrected chi connectivity index (χ1v) is 6.79.